The second-order valence-corrected chi connectivity index (χ2v) is 8.41. The molecule has 1 saturated heterocycles. The topological polar surface area (TPSA) is 60.8 Å². The molecular weight excluding hydrogens is 431 g/mol. The number of rotatable bonds is 5. The zero-order valence-corrected chi connectivity index (χ0v) is 18.3. The maximum Gasteiger partial charge on any atom is 0.416 e. The number of likely N-dealkylation sites (tertiary alicyclic amines) is 1. The molecule has 0 saturated carbocycles. The van der Waals surface area contributed by atoms with E-state index < -0.39 is 23.8 Å². The van der Waals surface area contributed by atoms with E-state index in [2.05, 4.69) is 23.3 Å². The number of halogens is 3. The minimum atomic E-state index is -4.43. The van der Waals surface area contributed by atoms with Crippen LogP contribution < -0.4 is 0 Å². The SMILES string of the molecule is C=C(C)C#C[C@@H](c1ccc(O)cc1)N1CC[C@H](CC(=O)O)C[C@@H]1c1ccc(C(F)(F)F)cc1. The van der Waals surface area contributed by atoms with Crippen molar-refractivity contribution in [3.05, 3.63) is 77.4 Å². The number of alkyl halides is 3. The summed E-state index contributed by atoms with van der Waals surface area (Å²) < 4.78 is 39.2. The van der Waals surface area contributed by atoms with E-state index in [0.717, 1.165) is 17.7 Å². The van der Waals surface area contributed by atoms with Crippen molar-refractivity contribution in [1.29, 1.82) is 0 Å². The average molecular weight is 457 g/mol. The predicted octanol–water partition coefficient (Wildman–Crippen LogP) is 5.96. The first-order valence-corrected chi connectivity index (χ1v) is 10.6. The number of carboxylic acid groups (broad SMARTS) is 1. The molecule has 33 heavy (non-hydrogen) atoms. The Morgan fingerprint density at radius 2 is 1.82 bits per heavy atom. The molecule has 174 valence electrons. The van der Waals surface area contributed by atoms with Gasteiger partial charge >= 0.3 is 12.1 Å². The summed E-state index contributed by atoms with van der Waals surface area (Å²) in [7, 11) is 0. The molecule has 0 aromatic heterocycles. The van der Waals surface area contributed by atoms with Gasteiger partial charge in [0.25, 0.3) is 0 Å². The van der Waals surface area contributed by atoms with Crippen LogP contribution in [0.4, 0.5) is 13.2 Å². The average Bonchev–Trinajstić information content (AvgIpc) is 2.74. The number of benzene rings is 2. The molecule has 0 bridgehead atoms. The Morgan fingerprint density at radius 1 is 1.18 bits per heavy atom. The van der Waals surface area contributed by atoms with Gasteiger partial charge in [-0.25, -0.2) is 0 Å². The van der Waals surface area contributed by atoms with Crippen molar-refractivity contribution in [2.24, 2.45) is 5.92 Å². The van der Waals surface area contributed by atoms with Crippen LogP contribution >= 0.6 is 0 Å². The van der Waals surface area contributed by atoms with Gasteiger partial charge in [-0.05, 0) is 66.6 Å². The fourth-order valence-electron chi connectivity index (χ4n) is 4.23. The lowest BCUT2D eigenvalue weighted by atomic mass is 9.83. The van der Waals surface area contributed by atoms with E-state index in [1.54, 1.807) is 31.2 Å². The number of phenolic OH excluding ortho intramolecular Hbond substituents is 1. The summed E-state index contributed by atoms with van der Waals surface area (Å²) >= 11 is 0. The number of hydrogen-bond acceptors (Lipinski definition) is 3. The van der Waals surface area contributed by atoms with Crippen molar-refractivity contribution in [1.82, 2.24) is 4.90 Å². The van der Waals surface area contributed by atoms with Crippen LogP contribution in [0.5, 0.6) is 5.75 Å². The maximum absolute atomic E-state index is 13.1. The maximum atomic E-state index is 13.1. The van der Waals surface area contributed by atoms with Crippen molar-refractivity contribution < 1.29 is 28.2 Å². The number of carbonyl (C=O) groups is 1. The highest BCUT2D eigenvalue weighted by atomic mass is 19.4. The van der Waals surface area contributed by atoms with Gasteiger partial charge in [0, 0.05) is 19.0 Å². The number of piperidine rings is 1. The molecule has 2 N–H and O–H groups in total. The Hall–Kier alpha value is -3.24. The lowest BCUT2D eigenvalue weighted by Gasteiger charge is -2.42. The quantitative estimate of drug-likeness (QED) is 0.544. The van der Waals surface area contributed by atoms with Gasteiger partial charge in [0.05, 0.1) is 11.6 Å². The molecule has 3 rings (SSSR count). The van der Waals surface area contributed by atoms with Crippen LogP contribution in [-0.4, -0.2) is 27.6 Å². The summed E-state index contributed by atoms with van der Waals surface area (Å²) in [6, 6.07) is 11.0. The highest BCUT2D eigenvalue weighted by Gasteiger charge is 2.36. The zero-order chi connectivity index (χ0) is 24.2. The predicted molar refractivity (Wildman–Crippen MR) is 119 cm³/mol. The van der Waals surface area contributed by atoms with Gasteiger partial charge in [0.1, 0.15) is 5.75 Å². The summed E-state index contributed by atoms with van der Waals surface area (Å²) in [4.78, 5) is 13.4. The van der Waals surface area contributed by atoms with Gasteiger partial charge in [0.2, 0.25) is 0 Å². The first-order chi connectivity index (χ1) is 15.5. The minimum Gasteiger partial charge on any atom is -0.508 e. The third-order valence-corrected chi connectivity index (χ3v) is 5.80. The van der Waals surface area contributed by atoms with Gasteiger partial charge in [-0.15, -0.1) is 0 Å². The molecule has 7 heteroatoms. The second kappa shape index (κ2) is 10.1. The minimum absolute atomic E-state index is 0.00625. The number of allylic oxidation sites excluding steroid dienone is 1. The fourth-order valence-corrected chi connectivity index (χ4v) is 4.23. The molecule has 0 radical (unpaired) electrons. The number of carboxylic acids is 1. The first-order valence-electron chi connectivity index (χ1n) is 10.6. The summed E-state index contributed by atoms with van der Waals surface area (Å²) in [5.41, 5.74) is 1.45. The van der Waals surface area contributed by atoms with Gasteiger partial charge in [-0.2, -0.15) is 13.2 Å². The van der Waals surface area contributed by atoms with Crippen LogP contribution in [0.2, 0.25) is 0 Å². The third-order valence-electron chi connectivity index (χ3n) is 5.80. The Morgan fingerprint density at radius 3 is 2.36 bits per heavy atom. The van der Waals surface area contributed by atoms with Crippen LogP contribution in [0.3, 0.4) is 0 Å². The first kappa shape index (κ1) is 24.4. The molecule has 0 unspecified atom stereocenters. The Balaban J connectivity index is 2.02. The van der Waals surface area contributed by atoms with Gasteiger partial charge < -0.3 is 10.2 Å². The molecule has 0 amide bonds. The van der Waals surface area contributed by atoms with Crippen LogP contribution in [-0.2, 0) is 11.0 Å². The van der Waals surface area contributed by atoms with Gasteiger partial charge in [0.15, 0.2) is 0 Å². The van der Waals surface area contributed by atoms with Crippen LogP contribution in [0.1, 0.15) is 55.0 Å². The number of nitrogens with zero attached hydrogens (tertiary/aromatic N) is 1. The summed E-state index contributed by atoms with van der Waals surface area (Å²) in [5, 5.41) is 19.0. The smallest absolute Gasteiger partial charge is 0.416 e. The van der Waals surface area contributed by atoms with E-state index in [9.17, 15) is 28.2 Å². The summed E-state index contributed by atoms with van der Waals surface area (Å²) in [5.74, 6) is 5.35. The fraction of sp³-hybridized carbons (Fsp3) is 0.346. The van der Waals surface area contributed by atoms with Crippen molar-refractivity contribution in [2.75, 3.05) is 6.54 Å². The molecule has 1 heterocycles. The van der Waals surface area contributed by atoms with Crippen molar-refractivity contribution >= 4 is 5.97 Å². The monoisotopic (exact) mass is 457 g/mol. The number of phenols is 1. The Kier molecular flexibility index (Phi) is 7.50. The number of aliphatic carboxylic acids is 1. The van der Waals surface area contributed by atoms with Crippen LogP contribution in [0, 0.1) is 17.8 Å². The highest BCUT2D eigenvalue weighted by molar-refractivity contribution is 5.67. The standard InChI is InChI=1S/C26H26F3NO3/c1-17(2)3-12-23(19-6-10-22(31)11-7-19)30-14-13-18(16-25(32)33)15-24(30)20-4-8-21(9-5-20)26(27,28)29/h4-11,18,23-24,31H,1,13-16H2,2H3,(H,32,33)/t18-,23-,24+/m0/s1. The van der Waals surface area contributed by atoms with E-state index in [4.69, 9.17) is 0 Å². The van der Waals surface area contributed by atoms with Gasteiger partial charge in [-0.1, -0.05) is 42.7 Å². The third kappa shape index (κ3) is 6.39. The van der Waals surface area contributed by atoms with Crippen LogP contribution in [0.15, 0.2) is 60.7 Å². The van der Waals surface area contributed by atoms with E-state index in [-0.39, 0.29) is 24.1 Å². The molecule has 1 fully saturated rings. The molecule has 0 spiro atoms. The largest absolute Gasteiger partial charge is 0.508 e. The zero-order valence-electron chi connectivity index (χ0n) is 18.3. The molecular formula is C26H26F3NO3. The summed E-state index contributed by atoms with van der Waals surface area (Å²) in [6.45, 7) is 6.14. The molecule has 1 aliphatic heterocycles. The van der Waals surface area contributed by atoms with Crippen molar-refractivity contribution in [2.45, 2.75) is 44.4 Å². The Labute approximate surface area is 191 Å². The highest BCUT2D eigenvalue weighted by Crippen LogP contribution is 2.41. The molecule has 3 atom stereocenters. The van der Waals surface area contributed by atoms with E-state index in [0.29, 0.717) is 30.5 Å². The number of hydrogen-bond donors (Lipinski definition) is 2. The van der Waals surface area contributed by atoms with E-state index in [1.807, 2.05) is 0 Å². The van der Waals surface area contributed by atoms with E-state index >= 15 is 0 Å². The molecule has 0 aliphatic carbocycles. The Bertz CT molecular complexity index is 1050. The second-order valence-electron chi connectivity index (χ2n) is 8.41. The lowest BCUT2D eigenvalue weighted by Crippen LogP contribution is -2.39. The molecule has 2 aromatic rings. The number of aromatic hydroxyl groups is 1. The lowest BCUT2D eigenvalue weighted by molar-refractivity contribution is -0.139. The van der Waals surface area contributed by atoms with Crippen molar-refractivity contribution in [3.8, 4) is 17.6 Å². The van der Waals surface area contributed by atoms with Gasteiger partial charge in [-0.3, -0.25) is 9.69 Å². The molecule has 2 aromatic carbocycles. The summed E-state index contributed by atoms with van der Waals surface area (Å²) in [6.07, 6.45) is -3.31. The van der Waals surface area contributed by atoms with Crippen LogP contribution in [0.25, 0.3) is 0 Å². The molecule has 1 aliphatic rings. The van der Waals surface area contributed by atoms with E-state index in [1.165, 1.54) is 12.1 Å². The normalized spacial score (nSPS) is 19.9. The molecule has 4 nitrogen and oxygen atoms in total. The van der Waals surface area contributed by atoms with Crippen molar-refractivity contribution in [3.63, 3.8) is 0 Å².